The molecule has 1 fully saturated rings. The first-order valence-electron chi connectivity index (χ1n) is 8.19. The van der Waals surface area contributed by atoms with Gasteiger partial charge in [-0.1, -0.05) is 17.3 Å². The number of piperazine rings is 1. The molecule has 25 heavy (non-hydrogen) atoms. The lowest BCUT2D eigenvalue weighted by Crippen LogP contribution is -2.44. The van der Waals surface area contributed by atoms with E-state index in [4.69, 9.17) is 9.26 Å². The third-order valence-electron chi connectivity index (χ3n) is 4.42. The van der Waals surface area contributed by atoms with E-state index in [0.29, 0.717) is 17.4 Å². The summed E-state index contributed by atoms with van der Waals surface area (Å²) in [5, 5.41) is 14.8. The lowest BCUT2D eigenvalue weighted by atomic mass is 10.1. The van der Waals surface area contributed by atoms with Crippen molar-refractivity contribution in [1.82, 2.24) is 30.6 Å². The van der Waals surface area contributed by atoms with Crippen LogP contribution in [-0.2, 0) is 0 Å². The molecule has 8 heteroatoms. The van der Waals surface area contributed by atoms with E-state index < -0.39 is 0 Å². The maximum atomic E-state index is 5.43. The van der Waals surface area contributed by atoms with Gasteiger partial charge >= 0.3 is 0 Å². The molecule has 3 heterocycles. The molecule has 1 aliphatic heterocycles. The number of nitrogens with one attached hydrogen (secondary N) is 2. The Hall–Kier alpha value is -2.71. The first-order chi connectivity index (χ1) is 12.2. The van der Waals surface area contributed by atoms with Crippen molar-refractivity contribution in [3.05, 3.63) is 36.2 Å². The average molecular weight is 340 g/mol. The van der Waals surface area contributed by atoms with Crippen LogP contribution in [0.3, 0.4) is 0 Å². The Morgan fingerprint density at radius 2 is 2.24 bits per heavy atom. The molecular formula is C17H20N6O2. The molecule has 4 rings (SSSR count). The summed E-state index contributed by atoms with van der Waals surface area (Å²) in [6.45, 7) is 2.74. The number of H-pyrrole nitrogens is 1. The number of hydrogen-bond acceptors (Lipinski definition) is 7. The Morgan fingerprint density at radius 3 is 3.08 bits per heavy atom. The summed E-state index contributed by atoms with van der Waals surface area (Å²) >= 11 is 0. The lowest BCUT2D eigenvalue weighted by Gasteiger charge is -2.30. The molecule has 0 radical (unpaired) electrons. The SMILES string of the molecule is COc1cccc(-c2cc(-c3nc(C4CNCCN4C)no3)[nH]n2)c1. The van der Waals surface area contributed by atoms with Gasteiger partial charge in [-0.2, -0.15) is 10.1 Å². The van der Waals surface area contributed by atoms with E-state index >= 15 is 0 Å². The van der Waals surface area contributed by atoms with E-state index in [1.807, 2.05) is 30.3 Å². The molecule has 1 aliphatic rings. The third kappa shape index (κ3) is 3.13. The topological polar surface area (TPSA) is 92.1 Å². The van der Waals surface area contributed by atoms with Gasteiger partial charge in [-0.3, -0.25) is 10.00 Å². The third-order valence-corrected chi connectivity index (χ3v) is 4.42. The summed E-state index contributed by atoms with van der Waals surface area (Å²) in [5.74, 6) is 1.91. The standard InChI is InChI=1S/C17H20N6O2/c1-23-7-6-18-10-15(23)16-19-17(25-22-16)14-9-13(20-21-14)11-4-3-5-12(8-11)24-2/h3-5,8-9,15,18H,6-7,10H2,1-2H3,(H,20,21). The van der Waals surface area contributed by atoms with E-state index in [-0.39, 0.29) is 6.04 Å². The molecule has 1 aromatic carbocycles. The van der Waals surface area contributed by atoms with Gasteiger partial charge in [0.05, 0.1) is 18.8 Å². The van der Waals surface area contributed by atoms with E-state index in [2.05, 4.69) is 37.6 Å². The molecule has 130 valence electrons. The zero-order valence-corrected chi connectivity index (χ0v) is 14.2. The van der Waals surface area contributed by atoms with Crippen LogP contribution in [0.4, 0.5) is 0 Å². The monoisotopic (exact) mass is 340 g/mol. The van der Waals surface area contributed by atoms with E-state index in [1.165, 1.54) is 0 Å². The number of ether oxygens (including phenoxy) is 1. The van der Waals surface area contributed by atoms with Crippen molar-refractivity contribution in [2.75, 3.05) is 33.8 Å². The molecular weight excluding hydrogens is 320 g/mol. The molecule has 8 nitrogen and oxygen atoms in total. The van der Waals surface area contributed by atoms with Crippen LogP contribution < -0.4 is 10.1 Å². The predicted octanol–water partition coefficient (Wildman–Crippen LogP) is 1.71. The maximum absolute atomic E-state index is 5.43. The lowest BCUT2D eigenvalue weighted by molar-refractivity contribution is 0.190. The second kappa shape index (κ2) is 6.66. The number of nitrogens with zero attached hydrogens (tertiary/aromatic N) is 4. The number of rotatable bonds is 4. The van der Waals surface area contributed by atoms with Crippen LogP contribution >= 0.6 is 0 Å². The minimum atomic E-state index is 0.118. The molecule has 0 bridgehead atoms. The van der Waals surface area contributed by atoms with E-state index in [9.17, 15) is 0 Å². The molecule has 1 saturated heterocycles. The Bertz CT molecular complexity index is 858. The number of aromatic amines is 1. The van der Waals surface area contributed by atoms with Crippen LogP contribution in [0.1, 0.15) is 11.9 Å². The smallest absolute Gasteiger partial charge is 0.276 e. The van der Waals surface area contributed by atoms with Crippen molar-refractivity contribution >= 4 is 0 Å². The first kappa shape index (κ1) is 15.8. The first-order valence-corrected chi connectivity index (χ1v) is 8.19. The van der Waals surface area contributed by atoms with Crippen molar-refractivity contribution in [2.24, 2.45) is 0 Å². The van der Waals surface area contributed by atoms with Crippen LogP contribution in [0.5, 0.6) is 5.75 Å². The minimum absolute atomic E-state index is 0.118. The highest BCUT2D eigenvalue weighted by atomic mass is 16.5. The Morgan fingerprint density at radius 1 is 1.32 bits per heavy atom. The second-order valence-electron chi connectivity index (χ2n) is 6.06. The van der Waals surface area contributed by atoms with Crippen molar-refractivity contribution in [3.63, 3.8) is 0 Å². The number of hydrogen-bond donors (Lipinski definition) is 2. The van der Waals surface area contributed by atoms with E-state index in [0.717, 1.165) is 36.6 Å². The molecule has 1 unspecified atom stereocenters. The minimum Gasteiger partial charge on any atom is -0.497 e. The summed E-state index contributed by atoms with van der Waals surface area (Å²) in [4.78, 5) is 6.76. The zero-order chi connectivity index (χ0) is 17.2. The van der Waals surface area contributed by atoms with Gasteiger partial charge in [-0.05, 0) is 25.2 Å². The van der Waals surface area contributed by atoms with Crippen LogP contribution in [0.25, 0.3) is 22.8 Å². The second-order valence-corrected chi connectivity index (χ2v) is 6.06. The molecule has 0 amide bonds. The Kier molecular flexibility index (Phi) is 4.21. The summed E-state index contributed by atoms with van der Waals surface area (Å²) in [6, 6.07) is 9.75. The molecule has 3 aromatic rings. The van der Waals surface area contributed by atoms with E-state index in [1.54, 1.807) is 7.11 Å². The molecule has 2 aromatic heterocycles. The Labute approximate surface area is 145 Å². The van der Waals surface area contributed by atoms with Gasteiger partial charge in [0.2, 0.25) is 0 Å². The van der Waals surface area contributed by atoms with Gasteiger partial charge in [0, 0.05) is 25.2 Å². The maximum Gasteiger partial charge on any atom is 0.276 e. The summed E-state index contributed by atoms with van der Waals surface area (Å²) in [6.07, 6.45) is 0. The van der Waals surface area contributed by atoms with Gasteiger partial charge < -0.3 is 14.6 Å². The summed E-state index contributed by atoms with van der Waals surface area (Å²) < 4.78 is 10.7. The highest BCUT2D eigenvalue weighted by molar-refractivity contribution is 5.65. The number of aromatic nitrogens is 4. The Balaban J connectivity index is 1.58. The largest absolute Gasteiger partial charge is 0.497 e. The summed E-state index contributed by atoms with van der Waals surface area (Å²) in [7, 11) is 3.71. The fraction of sp³-hybridized carbons (Fsp3) is 0.353. The van der Waals surface area contributed by atoms with Crippen LogP contribution in [-0.4, -0.2) is 59.0 Å². The van der Waals surface area contributed by atoms with Crippen molar-refractivity contribution in [1.29, 1.82) is 0 Å². The van der Waals surface area contributed by atoms with Gasteiger partial charge in [0.15, 0.2) is 5.82 Å². The fourth-order valence-corrected chi connectivity index (χ4v) is 2.94. The van der Waals surface area contributed by atoms with Gasteiger partial charge in [-0.15, -0.1) is 0 Å². The van der Waals surface area contributed by atoms with Crippen LogP contribution in [0.2, 0.25) is 0 Å². The highest BCUT2D eigenvalue weighted by Crippen LogP contribution is 2.27. The van der Waals surface area contributed by atoms with Crippen LogP contribution in [0, 0.1) is 0 Å². The van der Waals surface area contributed by atoms with Crippen molar-refractivity contribution < 1.29 is 9.26 Å². The van der Waals surface area contributed by atoms with Gasteiger partial charge in [-0.25, -0.2) is 0 Å². The highest BCUT2D eigenvalue weighted by Gasteiger charge is 2.26. The number of likely N-dealkylation sites (N-methyl/N-ethyl adjacent to an activating group) is 1. The molecule has 0 spiro atoms. The fourth-order valence-electron chi connectivity index (χ4n) is 2.94. The van der Waals surface area contributed by atoms with Crippen molar-refractivity contribution in [3.8, 4) is 28.6 Å². The quantitative estimate of drug-likeness (QED) is 0.747. The average Bonchev–Trinajstić information content (AvgIpc) is 3.31. The molecule has 2 N–H and O–H groups in total. The van der Waals surface area contributed by atoms with Gasteiger partial charge in [0.25, 0.3) is 5.89 Å². The van der Waals surface area contributed by atoms with Gasteiger partial charge in [0.1, 0.15) is 11.4 Å². The normalized spacial score (nSPS) is 18.4. The zero-order valence-electron chi connectivity index (χ0n) is 14.2. The number of benzene rings is 1. The molecule has 0 saturated carbocycles. The number of methoxy groups -OCH3 is 1. The van der Waals surface area contributed by atoms with Crippen LogP contribution in [0.15, 0.2) is 34.9 Å². The summed E-state index contributed by atoms with van der Waals surface area (Å²) in [5.41, 5.74) is 2.45. The molecule has 1 atom stereocenters. The van der Waals surface area contributed by atoms with Crippen molar-refractivity contribution in [2.45, 2.75) is 6.04 Å². The predicted molar refractivity (Wildman–Crippen MR) is 92.1 cm³/mol. The molecule has 0 aliphatic carbocycles.